The molecular formula is C8H11ClN2OS. The molecule has 0 aliphatic carbocycles. The van der Waals surface area contributed by atoms with Gasteiger partial charge in [-0.1, -0.05) is 0 Å². The van der Waals surface area contributed by atoms with Crippen LogP contribution in [0.3, 0.4) is 0 Å². The van der Waals surface area contributed by atoms with Gasteiger partial charge in [0.1, 0.15) is 0 Å². The van der Waals surface area contributed by atoms with Gasteiger partial charge in [-0.25, -0.2) is 0 Å². The van der Waals surface area contributed by atoms with Crippen LogP contribution < -0.4 is 10.2 Å². The van der Waals surface area contributed by atoms with Crippen LogP contribution in [0.25, 0.3) is 0 Å². The van der Waals surface area contributed by atoms with Crippen molar-refractivity contribution in [2.24, 2.45) is 0 Å². The first-order valence-corrected chi connectivity index (χ1v) is 4.80. The summed E-state index contributed by atoms with van der Waals surface area (Å²) in [6, 6.07) is 3.95. The highest BCUT2D eigenvalue weighted by atomic mass is 35.5. The number of carbonyl (C=O) groups excluding carboxylic acids is 1. The lowest BCUT2D eigenvalue weighted by Gasteiger charge is -2.25. The van der Waals surface area contributed by atoms with Gasteiger partial charge in [0.2, 0.25) is 5.91 Å². The van der Waals surface area contributed by atoms with Crippen LogP contribution in [0.4, 0.5) is 5.00 Å². The van der Waals surface area contributed by atoms with E-state index >= 15 is 0 Å². The summed E-state index contributed by atoms with van der Waals surface area (Å²) in [5.41, 5.74) is 0. The van der Waals surface area contributed by atoms with E-state index in [0.29, 0.717) is 6.54 Å². The Balaban J connectivity index is 0.000000845. The summed E-state index contributed by atoms with van der Waals surface area (Å²) in [5.74, 6) is 0.170. The van der Waals surface area contributed by atoms with Gasteiger partial charge >= 0.3 is 0 Å². The number of hydrogen-bond acceptors (Lipinski definition) is 3. The van der Waals surface area contributed by atoms with Crippen molar-refractivity contribution >= 4 is 34.7 Å². The highest BCUT2D eigenvalue weighted by Crippen LogP contribution is 2.21. The molecule has 0 bridgehead atoms. The summed E-state index contributed by atoms with van der Waals surface area (Å²) in [7, 11) is 0. The van der Waals surface area contributed by atoms with Gasteiger partial charge in [0.15, 0.2) is 0 Å². The Hall–Kier alpha value is -0.580. The SMILES string of the molecule is Cl.O=C1CNCCN1c1cccs1. The lowest BCUT2D eigenvalue weighted by molar-refractivity contribution is -0.118. The Morgan fingerprint density at radius 1 is 1.54 bits per heavy atom. The number of amides is 1. The smallest absolute Gasteiger partial charge is 0.241 e. The van der Waals surface area contributed by atoms with Gasteiger partial charge in [-0.2, -0.15) is 0 Å². The van der Waals surface area contributed by atoms with Gasteiger partial charge in [0, 0.05) is 13.1 Å². The molecule has 0 radical (unpaired) electrons. The molecule has 72 valence electrons. The van der Waals surface area contributed by atoms with Crippen LogP contribution in [-0.2, 0) is 4.79 Å². The minimum Gasteiger partial charge on any atom is -0.307 e. The molecule has 1 saturated heterocycles. The third-order valence-electron chi connectivity index (χ3n) is 1.86. The topological polar surface area (TPSA) is 32.3 Å². The average molecular weight is 219 g/mol. The molecule has 2 rings (SSSR count). The molecule has 2 heterocycles. The van der Waals surface area contributed by atoms with Gasteiger partial charge in [-0.3, -0.25) is 4.79 Å². The molecule has 1 fully saturated rings. The lowest BCUT2D eigenvalue weighted by atomic mass is 10.3. The largest absolute Gasteiger partial charge is 0.307 e. The Morgan fingerprint density at radius 3 is 3.00 bits per heavy atom. The van der Waals surface area contributed by atoms with E-state index in [1.54, 1.807) is 11.3 Å². The first kappa shape index (κ1) is 10.5. The first-order valence-electron chi connectivity index (χ1n) is 3.92. The van der Waals surface area contributed by atoms with Crippen LogP contribution in [-0.4, -0.2) is 25.5 Å². The van der Waals surface area contributed by atoms with Crippen molar-refractivity contribution in [3.8, 4) is 0 Å². The molecule has 0 atom stereocenters. The zero-order chi connectivity index (χ0) is 8.39. The lowest BCUT2D eigenvalue weighted by Crippen LogP contribution is -2.47. The van der Waals surface area contributed by atoms with E-state index in [-0.39, 0.29) is 18.3 Å². The molecule has 0 saturated carbocycles. The first-order chi connectivity index (χ1) is 5.88. The molecule has 1 aromatic rings. The van der Waals surface area contributed by atoms with Crippen molar-refractivity contribution in [2.45, 2.75) is 0 Å². The predicted molar refractivity (Wildman–Crippen MR) is 56.8 cm³/mol. The van der Waals surface area contributed by atoms with Crippen molar-refractivity contribution in [3.05, 3.63) is 17.5 Å². The van der Waals surface area contributed by atoms with E-state index in [1.807, 2.05) is 22.4 Å². The molecule has 1 aromatic heterocycles. The molecule has 0 unspecified atom stereocenters. The van der Waals surface area contributed by atoms with Crippen LogP contribution >= 0.6 is 23.7 Å². The summed E-state index contributed by atoms with van der Waals surface area (Å²) < 4.78 is 0. The highest BCUT2D eigenvalue weighted by Gasteiger charge is 2.19. The Labute approximate surface area is 87.2 Å². The average Bonchev–Trinajstić information content (AvgIpc) is 2.57. The second-order valence-corrected chi connectivity index (χ2v) is 3.60. The van der Waals surface area contributed by atoms with E-state index in [4.69, 9.17) is 0 Å². The van der Waals surface area contributed by atoms with E-state index in [0.717, 1.165) is 18.1 Å². The summed E-state index contributed by atoms with van der Waals surface area (Å²) in [5, 5.41) is 6.09. The Morgan fingerprint density at radius 2 is 2.38 bits per heavy atom. The molecule has 3 nitrogen and oxygen atoms in total. The number of anilines is 1. The molecule has 1 aliphatic rings. The van der Waals surface area contributed by atoms with E-state index in [2.05, 4.69) is 5.32 Å². The van der Waals surface area contributed by atoms with Gasteiger partial charge in [-0.15, -0.1) is 23.7 Å². The van der Waals surface area contributed by atoms with Crippen molar-refractivity contribution < 1.29 is 4.79 Å². The van der Waals surface area contributed by atoms with Crippen LogP contribution in [0.2, 0.25) is 0 Å². The molecule has 13 heavy (non-hydrogen) atoms. The van der Waals surface area contributed by atoms with Crippen LogP contribution in [0.5, 0.6) is 0 Å². The standard InChI is InChI=1S/C8H10N2OS.ClH/c11-7-6-9-3-4-10(7)8-2-1-5-12-8;/h1-2,5,9H,3-4,6H2;1H. The van der Waals surface area contributed by atoms with Crippen molar-refractivity contribution in [1.29, 1.82) is 0 Å². The quantitative estimate of drug-likeness (QED) is 0.766. The second-order valence-electron chi connectivity index (χ2n) is 2.67. The normalized spacial score (nSPS) is 16.9. The zero-order valence-electron chi connectivity index (χ0n) is 7.03. The summed E-state index contributed by atoms with van der Waals surface area (Å²) >= 11 is 1.61. The number of carbonyl (C=O) groups is 1. The summed E-state index contributed by atoms with van der Waals surface area (Å²) in [6.07, 6.45) is 0. The zero-order valence-corrected chi connectivity index (χ0v) is 8.66. The molecule has 0 spiro atoms. The molecule has 0 aromatic carbocycles. The second kappa shape index (κ2) is 4.60. The Bertz CT molecular complexity index is 276. The number of rotatable bonds is 1. The predicted octanol–water partition coefficient (Wildman–Crippen LogP) is 1.11. The Kier molecular flexibility index (Phi) is 3.71. The fraction of sp³-hybridized carbons (Fsp3) is 0.375. The molecule has 1 N–H and O–H groups in total. The minimum absolute atomic E-state index is 0. The number of nitrogens with one attached hydrogen (secondary N) is 1. The van der Waals surface area contributed by atoms with E-state index in [9.17, 15) is 4.79 Å². The maximum Gasteiger partial charge on any atom is 0.241 e. The maximum atomic E-state index is 11.4. The van der Waals surface area contributed by atoms with Crippen molar-refractivity contribution in [3.63, 3.8) is 0 Å². The molecule has 1 amide bonds. The van der Waals surface area contributed by atoms with Gasteiger partial charge in [-0.05, 0) is 17.5 Å². The monoisotopic (exact) mass is 218 g/mol. The fourth-order valence-corrected chi connectivity index (χ4v) is 2.04. The van der Waals surface area contributed by atoms with Crippen LogP contribution in [0.15, 0.2) is 17.5 Å². The van der Waals surface area contributed by atoms with Gasteiger partial charge in [0.25, 0.3) is 0 Å². The van der Waals surface area contributed by atoms with Crippen LogP contribution in [0.1, 0.15) is 0 Å². The maximum absolute atomic E-state index is 11.4. The van der Waals surface area contributed by atoms with Gasteiger partial charge < -0.3 is 10.2 Å². The third-order valence-corrected chi connectivity index (χ3v) is 2.75. The van der Waals surface area contributed by atoms with E-state index in [1.165, 1.54) is 0 Å². The fourth-order valence-electron chi connectivity index (χ4n) is 1.26. The molecule has 1 aliphatic heterocycles. The number of thiophene rings is 1. The number of piperazine rings is 1. The minimum atomic E-state index is 0. The summed E-state index contributed by atoms with van der Waals surface area (Å²) in [6.45, 7) is 2.15. The van der Waals surface area contributed by atoms with E-state index < -0.39 is 0 Å². The van der Waals surface area contributed by atoms with Gasteiger partial charge in [0.05, 0.1) is 11.5 Å². The molecular weight excluding hydrogens is 208 g/mol. The number of halogens is 1. The van der Waals surface area contributed by atoms with Crippen molar-refractivity contribution in [1.82, 2.24) is 5.32 Å². The van der Waals surface area contributed by atoms with Crippen molar-refractivity contribution in [2.75, 3.05) is 24.5 Å². The number of hydrogen-bond donors (Lipinski definition) is 1. The summed E-state index contributed by atoms with van der Waals surface area (Å²) in [4.78, 5) is 13.2. The third kappa shape index (κ3) is 2.21. The number of nitrogens with zero attached hydrogens (tertiary/aromatic N) is 1. The molecule has 5 heteroatoms. The van der Waals surface area contributed by atoms with Crippen LogP contribution in [0, 0.1) is 0 Å². The highest BCUT2D eigenvalue weighted by molar-refractivity contribution is 7.14.